The molecule has 0 radical (unpaired) electrons. The van der Waals surface area contributed by atoms with Crippen molar-refractivity contribution in [2.24, 2.45) is 5.73 Å². The molecular formula is C24H30N4O2S. The van der Waals surface area contributed by atoms with Gasteiger partial charge >= 0.3 is 0 Å². The molecule has 2 aromatic carbocycles. The van der Waals surface area contributed by atoms with Crippen molar-refractivity contribution in [2.45, 2.75) is 13.0 Å². The summed E-state index contributed by atoms with van der Waals surface area (Å²) in [6.45, 7) is 1.48. The van der Waals surface area contributed by atoms with Crippen LogP contribution in [-0.4, -0.2) is 50.6 Å². The van der Waals surface area contributed by atoms with Crippen molar-refractivity contribution in [2.75, 3.05) is 39.7 Å². The molecule has 0 aliphatic heterocycles. The number of nitrogen functional groups attached to an aromatic ring is 1. The number of aromatic hydroxyl groups is 1. The molecule has 3 rings (SSSR count). The van der Waals surface area contributed by atoms with E-state index in [1.807, 2.05) is 49.6 Å². The highest BCUT2D eigenvalue weighted by Crippen LogP contribution is 2.35. The molecule has 3 aromatic rings. The van der Waals surface area contributed by atoms with Crippen LogP contribution < -0.4 is 15.4 Å². The number of hydrogen-bond donors (Lipinski definition) is 3. The maximum absolute atomic E-state index is 10.5. The predicted octanol–water partition coefficient (Wildman–Crippen LogP) is 4.15. The predicted molar refractivity (Wildman–Crippen MR) is 130 cm³/mol. The summed E-state index contributed by atoms with van der Waals surface area (Å²) in [5.41, 5.74) is 10.8. The molecular weight excluding hydrogens is 408 g/mol. The van der Waals surface area contributed by atoms with Gasteiger partial charge < -0.3 is 25.4 Å². The second kappa shape index (κ2) is 9.85. The van der Waals surface area contributed by atoms with Gasteiger partial charge in [-0.1, -0.05) is 24.3 Å². The van der Waals surface area contributed by atoms with Crippen molar-refractivity contribution in [1.29, 1.82) is 5.41 Å². The molecule has 0 saturated carbocycles. The van der Waals surface area contributed by atoms with Gasteiger partial charge in [-0.25, -0.2) is 0 Å². The number of likely N-dealkylation sites (N-methyl/N-ethyl adjacent to an activating group) is 1. The first-order chi connectivity index (χ1) is 14.8. The summed E-state index contributed by atoms with van der Waals surface area (Å²) in [4.78, 5) is 5.00. The second-order valence-corrected chi connectivity index (χ2v) is 8.73. The van der Waals surface area contributed by atoms with E-state index >= 15 is 0 Å². The largest absolute Gasteiger partial charge is 0.504 e. The molecule has 0 saturated heterocycles. The molecule has 0 amide bonds. The summed E-state index contributed by atoms with van der Waals surface area (Å²) in [5.74, 6) is 0.791. The number of nitrogens with zero attached hydrogens (tertiary/aromatic N) is 2. The first kappa shape index (κ1) is 22.7. The fourth-order valence-electron chi connectivity index (χ4n) is 3.47. The van der Waals surface area contributed by atoms with Crippen LogP contribution in [-0.2, 0) is 13.0 Å². The molecule has 0 fully saturated rings. The summed E-state index contributed by atoms with van der Waals surface area (Å²) < 4.78 is 5.34. The molecule has 31 heavy (non-hydrogen) atoms. The number of benzene rings is 2. The fraction of sp³-hybridized carbons (Fsp3) is 0.292. The van der Waals surface area contributed by atoms with Gasteiger partial charge in [0.15, 0.2) is 11.5 Å². The third-order valence-electron chi connectivity index (χ3n) is 5.27. The molecule has 0 atom stereocenters. The van der Waals surface area contributed by atoms with E-state index in [0.717, 1.165) is 40.2 Å². The number of nitrogens with two attached hydrogens (primary N) is 1. The molecule has 0 spiro atoms. The van der Waals surface area contributed by atoms with Crippen LogP contribution in [0.25, 0.3) is 11.1 Å². The van der Waals surface area contributed by atoms with Gasteiger partial charge in [0.25, 0.3) is 0 Å². The molecule has 0 aliphatic rings. The highest BCUT2D eigenvalue weighted by molar-refractivity contribution is 7.12. The molecule has 7 heteroatoms. The van der Waals surface area contributed by atoms with Gasteiger partial charge in [0.05, 0.1) is 12.0 Å². The molecule has 0 aliphatic carbocycles. The molecule has 0 unspecified atom stereocenters. The van der Waals surface area contributed by atoms with Gasteiger partial charge in [-0.15, -0.1) is 11.3 Å². The van der Waals surface area contributed by atoms with E-state index in [-0.39, 0.29) is 11.6 Å². The van der Waals surface area contributed by atoms with Gasteiger partial charge in [0.2, 0.25) is 0 Å². The van der Waals surface area contributed by atoms with Gasteiger partial charge in [0, 0.05) is 50.1 Å². The molecule has 6 nitrogen and oxygen atoms in total. The normalized spacial score (nSPS) is 11.0. The molecule has 1 heterocycles. The maximum atomic E-state index is 10.5. The zero-order valence-corrected chi connectivity index (χ0v) is 19.3. The number of amidine groups is 1. The number of anilines is 1. The van der Waals surface area contributed by atoms with Crippen molar-refractivity contribution in [3.05, 3.63) is 63.8 Å². The third-order valence-corrected chi connectivity index (χ3v) is 6.22. The Balaban J connectivity index is 1.65. The highest BCUT2D eigenvalue weighted by Gasteiger charge is 2.14. The summed E-state index contributed by atoms with van der Waals surface area (Å²) >= 11 is 1.49. The number of ether oxygens (including phenoxy) is 1. The van der Waals surface area contributed by atoms with Crippen LogP contribution in [0.5, 0.6) is 11.5 Å². The minimum atomic E-state index is 0.105. The Morgan fingerprint density at radius 2 is 1.84 bits per heavy atom. The summed E-state index contributed by atoms with van der Waals surface area (Å²) in [6, 6.07) is 14.3. The SMILES string of the molecule is COc1cc(N(C)C)cc(CN(C)CCc2ccc(-c3ccsc3C(=N)N)cc2)c1O. The van der Waals surface area contributed by atoms with Crippen LogP contribution in [0.15, 0.2) is 47.8 Å². The number of hydrogen-bond acceptors (Lipinski definition) is 6. The first-order valence-electron chi connectivity index (χ1n) is 10.1. The monoisotopic (exact) mass is 438 g/mol. The fourth-order valence-corrected chi connectivity index (χ4v) is 4.25. The van der Waals surface area contributed by atoms with Crippen LogP contribution in [0.3, 0.4) is 0 Å². The van der Waals surface area contributed by atoms with Crippen molar-refractivity contribution >= 4 is 22.9 Å². The van der Waals surface area contributed by atoms with E-state index in [1.165, 1.54) is 16.9 Å². The van der Waals surface area contributed by atoms with Crippen LogP contribution in [0.2, 0.25) is 0 Å². The van der Waals surface area contributed by atoms with E-state index < -0.39 is 0 Å². The number of phenols is 1. The Bertz CT molecular complexity index is 1040. The smallest absolute Gasteiger partial charge is 0.162 e. The minimum absolute atomic E-state index is 0.105. The summed E-state index contributed by atoms with van der Waals surface area (Å²) in [6.07, 6.45) is 0.894. The Hall–Kier alpha value is -3.03. The first-order valence-corrected chi connectivity index (χ1v) is 10.9. The van der Waals surface area contributed by atoms with Crippen molar-refractivity contribution < 1.29 is 9.84 Å². The van der Waals surface area contributed by atoms with Crippen molar-refractivity contribution in [3.8, 4) is 22.6 Å². The van der Waals surface area contributed by atoms with Gasteiger partial charge in [0.1, 0.15) is 5.84 Å². The van der Waals surface area contributed by atoms with Gasteiger partial charge in [-0.05, 0) is 42.1 Å². The summed E-state index contributed by atoms with van der Waals surface area (Å²) in [5, 5.41) is 20.2. The quantitative estimate of drug-likeness (QED) is 0.345. The number of methoxy groups -OCH3 is 1. The Morgan fingerprint density at radius 1 is 1.13 bits per heavy atom. The van der Waals surface area contributed by atoms with Crippen LogP contribution in [0, 0.1) is 5.41 Å². The minimum Gasteiger partial charge on any atom is -0.504 e. The number of phenolic OH excluding ortho intramolecular Hbond substituents is 1. The zero-order valence-electron chi connectivity index (χ0n) is 18.5. The number of rotatable bonds is 9. The van der Waals surface area contributed by atoms with E-state index in [1.54, 1.807) is 7.11 Å². The average molecular weight is 439 g/mol. The van der Waals surface area contributed by atoms with E-state index in [0.29, 0.717) is 12.3 Å². The Labute approximate surface area is 188 Å². The topological polar surface area (TPSA) is 85.8 Å². The molecule has 1 aromatic heterocycles. The lowest BCUT2D eigenvalue weighted by atomic mass is 10.0. The van der Waals surface area contributed by atoms with E-state index in [2.05, 4.69) is 29.2 Å². The average Bonchev–Trinajstić information content (AvgIpc) is 3.24. The third kappa shape index (κ3) is 5.37. The van der Waals surface area contributed by atoms with Crippen LogP contribution in [0.4, 0.5) is 5.69 Å². The van der Waals surface area contributed by atoms with Crippen LogP contribution >= 0.6 is 11.3 Å². The lowest BCUT2D eigenvalue weighted by Crippen LogP contribution is -2.21. The Kier molecular flexibility index (Phi) is 7.20. The van der Waals surface area contributed by atoms with Crippen molar-refractivity contribution in [3.63, 3.8) is 0 Å². The lowest BCUT2D eigenvalue weighted by Gasteiger charge is -2.21. The maximum Gasteiger partial charge on any atom is 0.162 e. The molecule has 164 valence electrons. The van der Waals surface area contributed by atoms with Gasteiger partial charge in [-0.3, -0.25) is 5.41 Å². The Morgan fingerprint density at radius 3 is 2.45 bits per heavy atom. The standard InChI is InChI=1S/C24H30N4O2S/c1-27(2)19-13-18(22(29)21(14-19)30-4)15-28(3)11-9-16-5-7-17(8-6-16)20-10-12-31-23(20)24(25)26/h5-8,10,12-14,29H,9,11,15H2,1-4H3,(H3,25,26). The highest BCUT2D eigenvalue weighted by atomic mass is 32.1. The number of nitrogens with one attached hydrogen (secondary N) is 1. The zero-order chi connectivity index (χ0) is 22.5. The van der Waals surface area contributed by atoms with Crippen LogP contribution in [0.1, 0.15) is 16.0 Å². The number of thiophene rings is 1. The molecule has 4 N–H and O–H groups in total. The molecule has 0 bridgehead atoms. The second-order valence-electron chi connectivity index (χ2n) is 7.81. The van der Waals surface area contributed by atoms with Crippen molar-refractivity contribution in [1.82, 2.24) is 4.90 Å². The van der Waals surface area contributed by atoms with E-state index in [4.69, 9.17) is 15.9 Å². The lowest BCUT2D eigenvalue weighted by molar-refractivity contribution is 0.318. The van der Waals surface area contributed by atoms with Gasteiger partial charge in [-0.2, -0.15) is 0 Å². The summed E-state index contributed by atoms with van der Waals surface area (Å²) in [7, 11) is 7.56. The van der Waals surface area contributed by atoms with E-state index in [9.17, 15) is 5.11 Å².